The van der Waals surface area contributed by atoms with Crippen LogP contribution in [-0.4, -0.2) is 29.6 Å². The molecule has 1 aromatic heterocycles. The van der Waals surface area contributed by atoms with Gasteiger partial charge in [0, 0.05) is 18.7 Å². The van der Waals surface area contributed by atoms with Crippen molar-refractivity contribution in [3.63, 3.8) is 0 Å². The van der Waals surface area contributed by atoms with Crippen molar-refractivity contribution in [1.82, 2.24) is 15.4 Å². The molecule has 0 aliphatic rings. The summed E-state index contributed by atoms with van der Waals surface area (Å²) in [5, 5.41) is 8.82. The second kappa shape index (κ2) is 9.72. The third-order valence-corrected chi connectivity index (χ3v) is 3.18. The van der Waals surface area contributed by atoms with Crippen LogP contribution in [0, 0.1) is 11.3 Å². The van der Waals surface area contributed by atoms with Crippen molar-refractivity contribution in [2.45, 2.75) is 19.3 Å². The lowest BCUT2D eigenvalue weighted by molar-refractivity contribution is -0.120. The van der Waals surface area contributed by atoms with Crippen LogP contribution in [0.25, 0.3) is 0 Å². The Morgan fingerprint density at radius 2 is 2.20 bits per heavy atom. The molecular weight excluding hydrogens is 322 g/mol. The third-order valence-electron chi connectivity index (χ3n) is 3.18. The lowest BCUT2D eigenvalue weighted by Gasteiger charge is -2.08. The Balaban J connectivity index is 1.61. The monoisotopic (exact) mass is 341 g/mol. The normalized spacial score (nSPS) is 9.76. The maximum absolute atomic E-state index is 11.8. The first-order valence-electron chi connectivity index (χ1n) is 7.76. The van der Waals surface area contributed by atoms with Gasteiger partial charge in [0.2, 0.25) is 17.7 Å². The summed E-state index contributed by atoms with van der Waals surface area (Å²) in [7, 11) is 1.50. The Bertz CT molecular complexity index is 745. The number of methoxy groups -OCH3 is 1. The van der Waals surface area contributed by atoms with Crippen molar-refractivity contribution in [3.05, 3.63) is 42.1 Å². The van der Waals surface area contributed by atoms with Crippen LogP contribution in [0.5, 0.6) is 11.6 Å². The van der Waals surface area contributed by atoms with Gasteiger partial charge >= 0.3 is 0 Å². The van der Waals surface area contributed by atoms with Crippen molar-refractivity contribution in [3.8, 4) is 17.7 Å². The first-order chi connectivity index (χ1) is 12.2. The van der Waals surface area contributed by atoms with Crippen LogP contribution in [0.1, 0.15) is 24.8 Å². The first-order valence-corrected chi connectivity index (χ1v) is 7.76. The van der Waals surface area contributed by atoms with Crippen molar-refractivity contribution in [1.29, 1.82) is 5.26 Å². The molecular formula is C17H19N5O3. The topological polar surface area (TPSA) is 109 Å². The number of rotatable bonds is 9. The molecule has 0 saturated heterocycles. The maximum atomic E-state index is 11.8. The van der Waals surface area contributed by atoms with E-state index in [0.29, 0.717) is 36.6 Å². The zero-order valence-electron chi connectivity index (χ0n) is 13.9. The van der Waals surface area contributed by atoms with Crippen molar-refractivity contribution in [2.24, 2.45) is 0 Å². The Labute approximate surface area is 145 Å². The van der Waals surface area contributed by atoms with Gasteiger partial charge in [-0.1, -0.05) is 6.07 Å². The number of amides is 1. The number of hydrogen-bond donors (Lipinski definition) is 2. The fourth-order valence-corrected chi connectivity index (χ4v) is 1.94. The Hall–Kier alpha value is -3.34. The fourth-order valence-electron chi connectivity index (χ4n) is 1.94. The number of ether oxygens (including phenoxy) is 2. The van der Waals surface area contributed by atoms with Gasteiger partial charge in [-0.3, -0.25) is 15.6 Å². The molecule has 1 amide bonds. The SMILES string of the molecule is COc1ccnc(NNC(=O)CCCCOc2cccc(C#N)c2)n1. The summed E-state index contributed by atoms with van der Waals surface area (Å²) >= 11 is 0. The first kappa shape index (κ1) is 18.0. The minimum Gasteiger partial charge on any atom is -0.494 e. The highest BCUT2D eigenvalue weighted by Crippen LogP contribution is 2.13. The van der Waals surface area contributed by atoms with Gasteiger partial charge in [0.1, 0.15) is 5.75 Å². The number of nitrogens with zero attached hydrogens (tertiary/aromatic N) is 3. The largest absolute Gasteiger partial charge is 0.494 e. The summed E-state index contributed by atoms with van der Waals surface area (Å²) in [5.41, 5.74) is 5.72. The number of unbranched alkanes of at least 4 members (excludes halogenated alkanes) is 1. The predicted molar refractivity (Wildman–Crippen MR) is 90.9 cm³/mol. The second-order valence-corrected chi connectivity index (χ2v) is 5.04. The second-order valence-electron chi connectivity index (χ2n) is 5.04. The molecule has 1 aromatic carbocycles. The van der Waals surface area contributed by atoms with E-state index in [2.05, 4.69) is 26.9 Å². The van der Waals surface area contributed by atoms with E-state index < -0.39 is 0 Å². The molecule has 130 valence electrons. The summed E-state index contributed by atoms with van der Waals surface area (Å²) in [6.07, 6.45) is 3.27. The van der Waals surface area contributed by atoms with Crippen LogP contribution in [0.3, 0.4) is 0 Å². The number of nitrogens with one attached hydrogen (secondary N) is 2. The number of nitriles is 1. The number of hydrogen-bond acceptors (Lipinski definition) is 7. The van der Waals surface area contributed by atoms with Crippen LogP contribution in [0.2, 0.25) is 0 Å². The van der Waals surface area contributed by atoms with Gasteiger partial charge in [-0.15, -0.1) is 0 Å². The Morgan fingerprint density at radius 1 is 1.32 bits per heavy atom. The summed E-state index contributed by atoms with van der Waals surface area (Å²) in [6, 6.07) is 10.6. The molecule has 0 fully saturated rings. The smallest absolute Gasteiger partial charge is 0.245 e. The molecule has 1 heterocycles. The van der Waals surface area contributed by atoms with Crippen LogP contribution in [0.4, 0.5) is 5.95 Å². The Kier molecular flexibility index (Phi) is 7.00. The molecule has 8 nitrogen and oxygen atoms in total. The molecule has 0 aliphatic heterocycles. The summed E-state index contributed by atoms with van der Waals surface area (Å²) in [4.78, 5) is 19.7. The molecule has 0 radical (unpaired) electrons. The van der Waals surface area contributed by atoms with E-state index in [9.17, 15) is 4.79 Å². The van der Waals surface area contributed by atoms with E-state index in [1.807, 2.05) is 0 Å². The van der Waals surface area contributed by atoms with Crippen molar-refractivity contribution < 1.29 is 14.3 Å². The van der Waals surface area contributed by atoms with E-state index in [4.69, 9.17) is 14.7 Å². The van der Waals surface area contributed by atoms with Gasteiger partial charge in [-0.05, 0) is 31.0 Å². The maximum Gasteiger partial charge on any atom is 0.245 e. The molecule has 0 bridgehead atoms. The zero-order valence-corrected chi connectivity index (χ0v) is 13.9. The molecule has 0 unspecified atom stereocenters. The van der Waals surface area contributed by atoms with E-state index in [-0.39, 0.29) is 11.9 Å². The van der Waals surface area contributed by atoms with Gasteiger partial charge in [0.05, 0.1) is 25.3 Å². The molecule has 0 aliphatic carbocycles. The minimum absolute atomic E-state index is 0.169. The third kappa shape index (κ3) is 6.35. The zero-order chi connectivity index (χ0) is 17.9. The van der Waals surface area contributed by atoms with Gasteiger partial charge in [0.15, 0.2) is 0 Å². The van der Waals surface area contributed by atoms with Crippen LogP contribution >= 0.6 is 0 Å². The van der Waals surface area contributed by atoms with Gasteiger partial charge in [-0.2, -0.15) is 10.2 Å². The minimum atomic E-state index is -0.169. The van der Waals surface area contributed by atoms with E-state index >= 15 is 0 Å². The molecule has 2 N–H and O–H groups in total. The average Bonchev–Trinajstić information content (AvgIpc) is 2.66. The predicted octanol–water partition coefficient (Wildman–Crippen LogP) is 2.05. The van der Waals surface area contributed by atoms with Crippen LogP contribution < -0.4 is 20.3 Å². The highest BCUT2D eigenvalue weighted by atomic mass is 16.5. The van der Waals surface area contributed by atoms with Crippen LogP contribution in [-0.2, 0) is 4.79 Å². The summed E-state index contributed by atoms with van der Waals surface area (Å²) in [5.74, 6) is 1.15. The number of benzene rings is 1. The van der Waals surface area contributed by atoms with Crippen molar-refractivity contribution in [2.75, 3.05) is 19.1 Å². The molecule has 8 heteroatoms. The number of aromatic nitrogens is 2. The van der Waals surface area contributed by atoms with E-state index in [1.165, 1.54) is 13.3 Å². The molecule has 2 rings (SSSR count). The number of anilines is 1. The van der Waals surface area contributed by atoms with Gasteiger partial charge in [0.25, 0.3) is 0 Å². The Morgan fingerprint density at radius 3 is 3.00 bits per heavy atom. The number of carbonyl (C=O) groups is 1. The van der Waals surface area contributed by atoms with E-state index in [1.54, 1.807) is 30.3 Å². The number of hydrazine groups is 1. The molecule has 25 heavy (non-hydrogen) atoms. The molecule has 0 saturated carbocycles. The lowest BCUT2D eigenvalue weighted by atomic mass is 10.2. The average molecular weight is 341 g/mol. The molecule has 2 aromatic rings. The fraction of sp³-hybridized carbons (Fsp3) is 0.294. The van der Waals surface area contributed by atoms with E-state index in [0.717, 1.165) is 6.42 Å². The summed E-state index contributed by atoms with van der Waals surface area (Å²) in [6.45, 7) is 0.481. The standard InChI is InChI=1S/C17H19N5O3/c1-24-16-8-9-19-17(20-16)22-21-15(23)7-2-3-10-25-14-6-4-5-13(11-14)12-18/h4-6,8-9,11H,2-3,7,10H2,1H3,(H,21,23)(H,19,20,22). The lowest BCUT2D eigenvalue weighted by Crippen LogP contribution is -2.30. The number of carbonyl (C=O) groups excluding carboxylic acids is 1. The molecule has 0 atom stereocenters. The highest BCUT2D eigenvalue weighted by Gasteiger charge is 2.03. The molecule has 0 spiro atoms. The van der Waals surface area contributed by atoms with Crippen molar-refractivity contribution >= 4 is 11.9 Å². The quantitative estimate of drug-likeness (QED) is 0.530. The highest BCUT2D eigenvalue weighted by molar-refractivity contribution is 5.76. The van der Waals surface area contributed by atoms with Gasteiger partial charge < -0.3 is 9.47 Å². The summed E-state index contributed by atoms with van der Waals surface area (Å²) < 4.78 is 10.5. The van der Waals surface area contributed by atoms with Crippen LogP contribution in [0.15, 0.2) is 36.5 Å². The van der Waals surface area contributed by atoms with Gasteiger partial charge in [-0.25, -0.2) is 4.98 Å².